The molecule has 0 saturated carbocycles. The first-order valence-electron chi connectivity index (χ1n) is 5.46. The molecule has 17 heavy (non-hydrogen) atoms. The lowest BCUT2D eigenvalue weighted by Crippen LogP contribution is -2.28. The van der Waals surface area contributed by atoms with Gasteiger partial charge in [0.15, 0.2) is 0 Å². The van der Waals surface area contributed by atoms with Gasteiger partial charge in [-0.1, -0.05) is 0 Å². The van der Waals surface area contributed by atoms with Gasteiger partial charge in [-0.2, -0.15) is 5.26 Å². The molecule has 3 N–H and O–H groups in total. The highest BCUT2D eigenvalue weighted by Gasteiger charge is 2.00. The lowest BCUT2D eigenvalue weighted by Gasteiger charge is -2.09. The number of nitrogens with zero attached hydrogens (tertiary/aromatic N) is 1. The maximum Gasteiger partial charge on any atom is 0.100 e. The fourth-order valence-electron chi connectivity index (χ4n) is 1.32. The molecule has 0 heterocycles. The van der Waals surface area contributed by atoms with E-state index in [1.807, 2.05) is 12.1 Å². The molecule has 0 aliphatic carbocycles. The normalized spacial score (nSPS) is 11.9. The summed E-state index contributed by atoms with van der Waals surface area (Å²) in [7, 11) is 0. The third-order valence-corrected chi connectivity index (χ3v) is 2.82. The Hall–Kier alpha value is -1.09. The molecule has 92 valence electrons. The van der Waals surface area contributed by atoms with Crippen LogP contribution in [0.5, 0.6) is 0 Å². The third kappa shape index (κ3) is 5.18. The molecule has 1 unspecified atom stereocenters. The maximum absolute atomic E-state index is 9.04. The van der Waals surface area contributed by atoms with Crippen molar-refractivity contribution in [1.29, 1.82) is 5.26 Å². The Morgan fingerprint density at radius 2 is 2.24 bits per heavy atom. The van der Waals surface area contributed by atoms with Gasteiger partial charge < -0.3 is 15.7 Å². The average molecular weight is 298 g/mol. The van der Waals surface area contributed by atoms with Crippen LogP contribution in [0.25, 0.3) is 0 Å². The summed E-state index contributed by atoms with van der Waals surface area (Å²) in [6.07, 6.45) is -0.320. The van der Waals surface area contributed by atoms with Crippen molar-refractivity contribution < 1.29 is 5.11 Å². The average Bonchev–Trinajstić information content (AvgIpc) is 2.28. The van der Waals surface area contributed by atoms with Crippen molar-refractivity contribution in [3.8, 4) is 6.07 Å². The standard InChI is InChI=1S/C12H16BrN3O/c1-9(17)8-15-4-5-16-11-3-2-10(7-14)12(13)6-11/h2-3,6,9,15-17H,4-5,8H2,1H3. The minimum Gasteiger partial charge on any atom is -0.392 e. The number of rotatable bonds is 6. The molecule has 1 aromatic rings. The van der Waals surface area contributed by atoms with Crippen molar-refractivity contribution in [3.05, 3.63) is 28.2 Å². The lowest BCUT2D eigenvalue weighted by molar-refractivity contribution is 0.192. The predicted octanol–water partition coefficient (Wildman–Crippen LogP) is 1.70. The number of halogens is 1. The number of aliphatic hydroxyl groups is 1. The zero-order chi connectivity index (χ0) is 12.7. The van der Waals surface area contributed by atoms with E-state index in [1.165, 1.54) is 0 Å². The monoisotopic (exact) mass is 297 g/mol. The van der Waals surface area contributed by atoms with Crippen LogP contribution in [0.15, 0.2) is 22.7 Å². The molecule has 0 spiro atoms. The second-order valence-corrected chi connectivity index (χ2v) is 4.64. The van der Waals surface area contributed by atoms with Crippen LogP contribution in [-0.2, 0) is 0 Å². The summed E-state index contributed by atoms with van der Waals surface area (Å²) in [6.45, 7) is 3.89. The molecule has 1 rings (SSSR count). The van der Waals surface area contributed by atoms with E-state index in [-0.39, 0.29) is 6.10 Å². The van der Waals surface area contributed by atoms with E-state index < -0.39 is 0 Å². The summed E-state index contributed by atoms with van der Waals surface area (Å²) in [5.74, 6) is 0. The minimum atomic E-state index is -0.320. The van der Waals surface area contributed by atoms with Gasteiger partial charge >= 0.3 is 0 Å². The van der Waals surface area contributed by atoms with Crippen molar-refractivity contribution in [2.75, 3.05) is 25.0 Å². The number of benzene rings is 1. The fraction of sp³-hybridized carbons (Fsp3) is 0.417. The Labute approximate surface area is 110 Å². The second-order valence-electron chi connectivity index (χ2n) is 3.79. The van der Waals surface area contributed by atoms with Crippen LogP contribution < -0.4 is 10.6 Å². The van der Waals surface area contributed by atoms with Crippen LogP contribution in [0, 0.1) is 11.3 Å². The van der Waals surface area contributed by atoms with E-state index in [0.717, 1.165) is 23.2 Å². The molecule has 5 heteroatoms. The van der Waals surface area contributed by atoms with Gasteiger partial charge in [-0.25, -0.2) is 0 Å². The fourth-order valence-corrected chi connectivity index (χ4v) is 1.79. The molecular weight excluding hydrogens is 282 g/mol. The van der Waals surface area contributed by atoms with Gasteiger partial charge in [0.05, 0.1) is 11.7 Å². The number of nitriles is 1. The minimum absolute atomic E-state index is 0.320. The Morgan fingerprint density at radius 1 is 1.47 bits per heavy atom. The molecule has 0 fully saturated rings. The van der Waals surface area contributed by atoms with Gasteiger partial charge in [0.25, 0.3) is 0 Å². The number of aliphatic hydroxyl groups excluding tert-OH is 1. The largest absolute Gasteiger partial charge is 0.392 e. The molecule has 0 saturated heterocycles. The molecule has 1 atom stereocenters. The first-order valence-corrected chi connectivity index (χ1v) is 6.25. The van der Waals surface area contributed by atoms with Crippen molar-refractivity contribution in [1.82, 2.24) is 5.32 Å². The van der Waals surface area contributed by atoms with Gasteiger partial charge in [0, 0.05) is 29.8 Å². The molecule has 0 radical (unpaired) electrons. The Kier molecular flexibility index (Phi) is 5.98. The maximum atomic E-state index is 9.04. The molecule has 0 aliphatic heterocycles. The Balaban J connectivity index is 2.33. The van der Waals surface area contributed by atoms with E-state index >= 15 is 0 Å². The summed E-state index contributed by atoms with van der Waals surface area (Å²) in [5.41, 5.74) is 1.59. The Bertz CT molecular complexity index is 401. The van der Waals surface area contributed by atoms with E-state index in [1.54, 1.807) is 13.0 Å². The summed E-state index contributed by atoms with van der Waals surface area (Å²) >= 11 is 3.34. The number of anilines is 1. The number of nitrogens with one attached hydrogen (secondary N) is 2. The zero-order valence-corrected chi connectivity index (χ0v) is 11.3. The van der Waals surface area contributed by atoms with Crippen molar-refractivity contribution in [3.63, 3.8) is 0 Å². The lowest BCUT2D eigenvalue weighted by atomic mass is 10.2. The van der Waals surface area contributed by atoms with Gasteiger partial charge in [0.1, 0.15) is 6.07 Å². The third-order valence-electron chi connectivity index (χ3n) is 2.16. The van der Waals surface area contributed by atoms with Crippen LogP contribution in [0.1, 0.15) is 12.5 Å². The van der Waals surface area contributed by atoms with Crippen LogP contribution in [0.3, 0.4) is 0 Å². The molecule has 0 aromatic heterocycles. The summed E-state index contributed by atoms with van der Waals surface area (Å²) in [5, 5.41) is 24.2. The van der Waals surface area contributed by atoms with Gasteiger partial charge in [0.2, 0.25) is 0 Å². The zero-order valence-electron chi connectivity index (χ0n) is 9.70. The second kappa shape index (κ2) is 7.28. The highest BCUT2D eigenvalue weighted by atomic mass is 79.9. The van der Waals surface area contributed by atoms with Crippen molar-refractivity contribution >= 4 is 21.6 Å². The molecule has 4 nitrogen and oxygen atoms in total. The highest BCUT2D eigenvalue weighted by Crippen LogP contribution is 2.20. The number of hydrogen-bond acceptors (Lipinski definition) is 4. The quantitative estimate of drug-likeness (QED) is 0.699. The van der Waals surface area contributed by atoms with Crippen LogP contribution in [0.4, 0.5) is 5.69 Å². The Morgan fingerprint density at radius 3 is 2.82 bits per heavy atom. The van der Waals surface area contributed by atoms with Crippen LogP contribution >= 0.6 is 15.9 Å². The number of hydrogen-bond donors (Lipinski definition) is 3. The van der Waals surface area contributed by atoms with E-state index in [4.69, 9.17) is 10.4 Å². The summed E-state index contributed by atoms with van der Waals surface area (Å²) in [4.78, 5) is 0. The van der Waals surface area contributed by atoms with E-state index in [0.29, 0.717) is 12.1 Å². The molecule has 0 amide bonds. The van der Waals surface area contributed by atoms with Crippen LogP contribution in [-0.4, -0.2) is 30.8 Å². The highest BCUT2D eigenvalue weighted by molar-refractivity contribution is 9.10. The molecule has 1 aromatic carbocycles. The van der Waals surface area contributed by atoms with Crippen molar-refractivity contribution in [2.24, 2.45) is 0 Å². The van der Waals surface area contributed by atoms with Gasteiger partial charge in [-0.15, -0.1) is 0 Å². The van der Waals surface area contributed by atoms with Gasteiger partial charge in [-0.05, 0) is 41.1 Å². The molecule has 0 aliphatic rings. The van der Waals surface area contributed by atoms with Crippen molar-refractivity contribution in [2.45, 2.75) is 13.0 Å². The molecule has 0 bridgehead atoms. The summed E-state index contributed by atoms with van der Waals surface area (Å²) in [6, 6.07) is 7.63. The smallest absolute Gasteiger partial charge is 0.100 e. The van der Waals surface area contributed by atoms with E-state index in [2.05, 4.69) is 32.6 Å². The SMILES string of the molecule is CC(O)CNCCNc1ccc(C#N)c(Br)c1. The molecular formula is C12H16BrN3O. The van der Waals surface area contributed by atoms with E-state index in [9.17, 15) is 0 Å². The first kappa shape index (κ1) is 14.0. The van der Waals surface area contributed by atoms with Crippen LogP contribution in [0.2, 0.25) is 0 Å². The topological polar surface area (TPSA) is 68.1 Å². The predicted molar refractivity (Wildman–Crippen MR) is 71.9 cm³/mol. The summed E-state index contributed by atoms with van der Waals surface area (Å²) < 4.78 is 0.793. The first-order chi connectivity index (χ1) is 8.13. The van der Waals surface area contributed by atoms with Gasteiger partial charge in [-0.3, -0.25) is 0 Å².